The molecular weight excluding hydrogens is 659 g/mol. The average molecular weight is 681 g/mol. The second-order valence-electron chi connectivity index (χ2n) is 9.20. The maximum Gasteiger partial charge on any atom is 2.00 e. The van der Waals surface area contributed by atoms with E-state index in [0.29, 0.717) is 32.7 Å². The van der Waals surface area contributed by atoms with Crippen LogP contribution < -0.4 is 9.47 Å². The number of esters is 2. The molecule has 0 aromatic heterocycles. The first kappa shape index (κ1) is 33.1. The Bertz CT molecular complexity index is 1960. The molecule has 45 heavy (non-hydrogen) atoms. The molecule has 228 valence electrons. The Morgan fingerprint density at radius 3 is 1.09 bits per heavy atom. The van der Waals surface area contributed by atoms with Crippen molar-refractivity contribution in [3.05, 3.63) is 145 Å². The molecule has 0 fully saturated rings. The van der Waals surface area contributed by atoms with Gasteiger partial charge < -0.3 is 26.3 Å². The molecule has 0 spiro atoms. The molecule has 0 saturated carbocycles. The second-order valence-corrected chi connectivity index (χ2v) is 11.0. The minimum Gasteiger partial charge on any atom is -0.422 e. The molecule has 0 N–H and O–H groups in total. The van der Waals surface area contributed by atoms with E-state index in [9.17, 15) is 26.4 Å². The van der Waals surface area contributed by atoms with Crippen LogP contribution in [-0.2, 0) is 54.7 Å². The minimum atomic E-state index is -2.41. The molecule has 8 nitrogen and oxygen atoms in total. The number of carbonyl (C=O) groups is 2. The van der Waals surface area contributed by atoms with Crippen molar-refractivity contribution in [1.82, 2.24) is 0 Å². The number of hydrogen-bond acceptors (Lipinski definition) is 10. The molecule has 6 aromatic rings. The zero-order valence-corrected chi connectivity index (χ0v) is 25.7. The van der Waals surface area contributed by atoms with Gasteiger partial charge in [-0.3, -0.25) is 0 Å². The fourth-order valence-corrected chi connectivity index (χ4v) is 5.61. The molecule has 0 amide bonds. The van der Waals surface area contributed by atoms with Crippen molar-refractivity contribution in [2.45, 2.75) is 9.79 Å². The maximum atomic E-state index is 12.2. The Labute approximate surface area is 272 Å². The molecule has 0 aliphatic rings. The van der Waals surface area contributed by atoms with Gasteiger partial charge in [-0.1, -0.05) is 107 Å². The average Bonchev–Trinajstić information content (AvgIpc) is 3.05. The molecule has 0 aliphatic heterocycles. The first-order chi connectivity index (χ1) is 21.3. The summed E-state index contributed by atoms with van der Waals surface area (Å²) < 4.78 is 56.3. The Morgan fingerprint density at radius 1 is 0.422 bits per heavy atom. The van der Waals surface area contributed by atoms with Crippen molar-refractivity contribution in [2.75, 3.05) is 0 Å². The van der Waals surface area contributed by atoms with E-state index in [1.807, 2.05) is 0 Å². The summed E-state index contributed by atoms with van der Waals surface area (Å²) in [6.07, 6.45) is 0. The van der Waals surface area contributed by atoms with E-state index in [1.165, 1.54) is 12.1 Å². The largest absolute Gasteiger partial charge is 2.00 e. The maximum absolute atomic E-state index is 12.2. The first-order valence-corrected chi connectivity index (χ1v) is 15.2. The van der Waals surface area contributed by atoms with Gasteiger partial charge in [0.1, 0.15) is 11.5 Å². The first-order valence-electron chi connectivity index (χ1n) is 13.1. The van der Waals surface area contributed by atoms with Crippen LogP contribution in [0.25, 0.3) is 21.5 Å². The van der Waals surface area contributed by atoms with E-state index < -0.39 is 33.3 Å². The van der Waals surface area contributed by atoms with Gasteiger partial charge >= 0.3 is 28.4 Å². The Balaban J connectivity index is 0.000000200. The van der Waals surface area contributed by atoms with Crippen LogP contribution in [0.3, 0.4) is 0 Å². The molecule has 0 aliphatic carbocycles. The van der Waals surface area contributed by atoms with E-state index in [1.54, 1.807) is 121 Å². The van der Waals surface area contributed by atoms with Gasteiger partial charge in [-0.05, 0) is 68.6 Å². The van der Waals surface area contributed by atoms with Crippen molar-refractivity contribution >= 4 is 54.9 Å². The van der Waals surface area contributed by atoms with Gasteiger partial charge in [0.15, 0.2) is 0 Å². The molecule has 0 radical (unpaired) electrons. The minimum absolute atomic E-state index is 0. The smallest absolute Gasteiger partial charge is 0.422 e. The van der Waals surface area contributed by atoms with Crippen LogP contribution in [0.15, 0.2) is 143 Å². The van der Waals surface area contributed by atoms with Gasteiger partial charge in [0.2, 0.25) is 0 Å². The monoisotopic (exact) mass is 680 g/mol. The third kappa shape index (κ3) is 7.83. The summed E-state index contributed by atoms with van der Waals surface area (Å²) in [7, 11) is -4.83. The van der Waals surface area contributed by atoms with Crippen molar-refractivity contribution in [2.24, 2.45) is 0 Å². The Kier molecular flexibility index (Phi) is 11.2. The van der Waals surface area contributed by atoms with E-state index in [0.717, 1.165) is 0 Å². The van der Waals surface area contributed by atoms with Crippen LogP contribution in [0, 0.1) is 0 Å². The van der Waals surface area contributed by atoms with Gasteiger partial charge in [-0.2, -0.15) is 0 Å². The standard InChI is InChI=1S/2C17H11O4S.Ni/c2*18-17(13-6-2-1-3-7-13)21-14-10-4-8-12-9-5-11-15(16(12)14)22(19)20;/h2*1-11H;/q2*-1;+2. The van der Waals surface area contributed by atoms with E-state index >= 15 is 0 Å². The molecule has 11 heteroatoms. The van der Waals surface area contributed by atoms with Crippen LogP contribution >= 0.6 is 0 Å². The molecule has 6 aromatic carbocycles. The predicted molar refractivity (Wildman–Crippen MR) is 165 cm³/mol. The zero-order chi connectivity index (χ0) is 31.1. The molecule has 0 saturated heterocycles. The number of ether oxygens (including phenoxy) is 2. The summed E-state index contributed by atoms with van der Waals surface area (Å²) >= 11 is 0. The summed E-state index contributed by atoms with van der Waals surface area (Å²) in [6, 6.07) is 37.0. The van der Waals surface area contributed by atoms with E-state index in [-0.39, 0.29) is 37.8 Å². The van der Waals surface area contributed by atoms with E-state index in [4.69, 9.17) is 9.47 Å². The molecule has 6 rings (SSSR count). The van der Waals surface area contributed by atoms with E-state index in [2.05, 4.69) is 0 Å². The summed E-state index contributed by atoms with van der Waals surface area (Å²) in [4.78, 5) is 24.5. The second kappa shape index (κ2) is 15.3. The van der Waals surface area contributed by atoms with Gasteiger partial charge in [-0.15, -0.1) is 0 Å². The number of fused-ring (bicyclic) bond motifs is 2. The number of carbonyl (C=O) groups excluding carboxylic acids is 2. The molecule has 0 atom stereocenters. The normalized spacial score (nSPS) is 10.5. The Hall–Kier alpha value is -4.83. The van der Waals surface area contributed by atoms with Crippen molar-refractivity contribution in [1.29, 1.82) is 0 Å². The van der Waals surface area contributed by atoms with Crippen LogP contribution in [0.2, 0.25) is 0 Å². The molecule has 0 bridgehead atoms. The van der Waals surface area contributed by atoms with Gasteiger partial charge in [0.05, 0.1) is 11.1 Å². The fraction of sp³-hybridized carbons (Fsp3) is 0. The number of benzene rings is 6. The topological polar surface area (TPSA) is 121 Å². The van der Waals surface area contributed by atoms with Crippen LogP contribution in [0.4, 0.5) is 0 Å². The molecule has 0 unspecified atom stereocenters. The van der Waals surface area contributed by atoms with Crippen LogP contribution in [0.5, 0.6) is 11.5 Å². The molecular formula is C34H22NiO8S2. The predicted octanol–water partition coefficient (Wildman–Crippen LogP) is 7.45. The summed E-state index contributed by atoms with van der Waals surface area (Å²) in [6.45, 7) is 0. The Morgan fingerprint density at radius 2 is 0.756 bits per heavy atom. The van der Waals surface area contributed by atoms with Crippen molar-refractivity contribution < 1.29 is 52.4 Å². The van der Waals surface area contributed by atoms with Crippen molar-refractivity contribution in [3.8, 4) is 11.5 Å². The van der Waals surface area contributed by atoms with Gasteiger partial charge in [0, 0.05) is 10.8 Å². The summed E-state index contributed by atoms with van der Waals surface area (Å²) in [5.41, 5.74) is 0.806. The summed E-state index contributed by atoms with van der Waals surface area (Å²) in [5.74, 6) is -0.600. The zero-order valence-electron chi connectivity index (χ0n) is 23.1. The van der Waals surface area contributed by atoms with Crippen molar-refractivity contribution in [3.63, 3.8) is 0 Å². The van der Waals surface area contributed by atoms with Crippen LogP contribution in [-0.4, -0.2) is 11.9 Å². The number of rotatable bonds is 6. The third-order valence-electron chi connectivity index (χ3n) is 6.44. The third-order valence-corrected chi connectivity index (χ3v) is 7.84. The van der Waals surface area contributed by atoms with Gasteiger partial charge in [-0.25, -0.2) is 9.59 Å². The SMILES string of the molecule is O=C(Oc1cccc2cccc([S-](=O)=O)c12)c1ccccc1.O=C(Oc1cccc2cccc([S-](=O)=O)c12)c1ccccc1.[Ni+2]. The quantitative estimate of drug-likeness (QED) is 0.0770. The summed E-state index contributed by atoms with van der Waals surface area (Å²) in [5, 5.41) is 2.20. The van der Waals surface area contributed by atoms with Crippen LogP contribution in [0.1, 0.15) is 20.7 Å². The van der Waals surface area contributed by atoms with Gasteiger partial charge in [0.25, 0.3) is 0 Å². The fourth-order valence-electron chi connectivity index (χ4n) is 4.46. The molecule has 0 heterocycles. The number of hydrogen-bond donors (Lipinski definition) is 0.